The van der Waals surface area contributed by atoms with Crippen molar-refractivity contribution < 1.29 is 18.1 Å². The van der Waals surface area contributed by atoms with Gasteiger partial charge in [0.1, 0.15) is 6.10 Å². The van der Waals surface area contributed by atoms with Crippen LogP contribution < -0.4 is 4.72 Å². The summed E-state index contributed by atoms with van der Waals surface area (Å²) in [6.45, 7) is 3.17. The molecule has 0 fully saturated rings. The summed E-state index contributed by atoms with van der Waals surface area (Å²) in [6, 6.07) is -0.806. The Morgan fingerprint density at radius 3 is 2.60 bits per heavy atom. The summed E-state index contributed by atoms with van der Waals surface area (Å²) >= 11 is 1.23. The number of aromatic nitrogens is 1. The molecular weight excluding hydrogens is 240 g/mol. The zero-order valence-electron chi connectivity index (χ0n) is 8.21. The third kappa shape index (κ3) is 3.50. The van der Waals surface area contributed by atoms with Gasteiger partial charge in [-0.1, -0.05) is 0 Å². The van der Waals surface area contributed by atoms with Crippen molar-refractivity contribution in [2.45, 2.75) is 26.0 Å². The summed E-state index contributed by atoms with van der Waals surface area (Å²) in [5.74, 6) is 0. The smallest absolute Gasteiger partial charge is 0.333 e. The number of aliphatic hydroxyl groups excluding tert-OH is 1. The van der Waals surface area contributed by atoms with Gasteiger partial charge in [-0.15, -0.1) is 11.3 Å². The van der Waals surface area contributed by atoms with Crippen LogP contribution in [0.15, 0.2) is 5.51 Å². The van der Waals surface area contributed by atoms with E-state index in [1.165, 1.54) is 18.3 Å². The van der Waals surface area contributed by atoms with Crippen LogP contribution in [-0.4, -0.2) is 29.1 Å². The van der Waals surface area contributed by atoms with Crippen molar-refractivity contribution in [1.29, 1.82) is 0 Å². The fourth-order valence-electron chi connectivity index (χ4n) is 1.12. The van der Waals surface area contributed by atoms with Crippen LogP contribution in [0.2, 0.25) is 0 Å². The number of hydrogen-bond donors (Lipinski definition) is 3. The molecule has 6 nitrogen and oxygen atoms in total. The fraction of sp³-hybridized carbons (Fsp3) is 0.571. The van der Waals surface area contributed by atoms with Crippen LogP contribution in [0.5, 0.6) is 0 Å². The fourth-order valence-corrected chi connectivity index (χ4v) is 2.61. The van der Waals surface area contributed by atoms with E-state index in [0.717, 1.165) is 0 Å². The number of thiazole rings is 1. The molecule has 3 N–H and O–H groups in total. The molecule has 2 atom stereocenters. The molecule has 0 amide bonds. The molecule has 0 saturated heterocycles. The summed E-state index contributed by atoms with van der Waals surface area (Å²) < 4.78 is 31.5. The summed E-state index contributed by atoms with van der Waals surface area (Å²) in [7, 11) is -4.30. The maximum atomic E-state index is 10.5. The quantitative estimate of drug-likeness (QED) is 0.668. The molecule has 15 heavy (non-hydrogen) atoms. The molecule has 0 saturated carbocycles. The van der Waals surface area contributed by atoms with E-state index in [1.807, 2.05) is 4.72 Å². The lowest BCUT2D eigenvalue weighted by Crippen LogP contribution is -2.36. The highest BCUT2D eigenvalue weighted by Crippen LogP contribution is 2.24. The topological polar surface area (TPSA) is 99.5 Å². The minimum Gasteiger partial charge on any atom is -0.386 e. The third-order valence-electron chi connectivity index (χ3n) is 1.86. The van der Waals surface area contributed by atoms with Gasteiger partial charge in [0.05, 0.1) is 22.1 Å². The maximum Gasteiger partial charge on any atom is 0.333 e. The Kier molecular flexibility index (Phi) is 3.79. The Hall–Kier alpha value is -0.540. The molecule has 0 bridgehead atoms. The van der Waals surface area contributed by atoms with Crippen LogP contribution in [0.3, 0.4) is 0 Å². The second-order valence-electron chi connectivity index (χ2n) is 3.13. The number of hydrogen-bond acceptors (Lipinski definition) is 5. The van der Waals surface area contributed by atoms with Crippen molar-refractivity contribution in [2.75, 3.05) is 0 Å². The van der Waals surface area contributed by atoms with Crippen molar-refractivity contribution in [3.8, 4) is 0 Å². The number of rotatable bonds is 4. The van der Waals surface area contributed by atoms with Gasteiger partial charge >= 0.3 is 10.3 Å². The molecule has 0 aromatic carbocycles. The van der Waals surface area contributed by atoms with Gasteiger partial charge in [0.15, 0.2) is 0 Å². The van der Waals surface area contributed by atoms with Gasteiger partial charge in [-0.2, -0.15) is 13.1 Å². The first kappa shape index (κ1) is 12.5. The molecule has 0 aliphatic carbocycles. The lowest BCUT2D eigenvalue weighted by Gasteiger charge is -2.17. The first-order valence-corrected chi connectivity index (χ1v) is 6.46. The van der Waals surface area contributed by atoms with Crippen LogP contribution >= 0.6 is 11.3 Å². The zero-order valence-corrected chi connectivity index (χ0v) is 9.84. The second kappa shape index (κ2) is 4.54. The van der Waals surface area contributed by atoms with E-state index in [2.05, 4.69) is 4.98 Å². The Bertz CT molecular complexity index is 428. The largest absolute Gasteiger partial charge is 0.386 e. The van der Waals surface area contributed by atoms with E-state index >= 15 is 0 Å². The average Bonchev–Trinajstić information content (AvgIpc) is 2.47. The summed E-state index contributed by atoms with van der Waals surface area (Å²) in [6.07, 6.45) is -1.01. The molecular formula is C7H12N2O4S2. The van der Waals surface area contributed by atoms with E-state index < -0.39 is 22.4 Å². The van der Waals surface area contributed by atoms with Crippen molar-refractivity contribution in [2.24, 2.45) is 0 Å². The summed E-state index contributed by atoms with van der Waals surface area (Å²) in [5, 5.41) is 9.75. The highest BCUT2D eigenvalue weighted by atomic mass is 32.2. The Morgan fingerprint density at radius 2 is 2.20 bits per heavy atom. The molecule has 1 heterocycles. The van der Waals surface area contributed by atoms with Crippen LogP contribution in [0.25, 0.3) is 0 Å². The van der Waals surface area contributed by atoms with E-state index in [9.17, 15) is 13.5 Å². The van der Waals surface area contributed by atoms with Gasteiger partial charge in [-0.05, 0) is 13.8 Å². The van der Waals surface area contributed by atoms with Gasteiger partial charge in [-0.3, -0.25) is 4.55 Å². The van der Waals surface area contributed by atoms with Crippen LogP contribution in [0, 0.1) is 6.92 Å². The first-order chi connectivity index (χ1) is 6.81. The van der Waals surface area contributed by atoms with E-state index in [1.54, 1.807) is 12.4 Å². The molecule has 0 unspecified atom stereocenters. The van der Waals surface area contributed by atoms with Gasteiger partial charge in [-0.25, -0.2) is 4.98 Å². The maximum absolute atomic E-state index is 10.5. The highest BCUT2D eigenvalue weighted by molar-refractivity contribution is 7.83. The number of aliphatic hydroxyl groups is 1. The minimum absolute atomic E-state index is 0.582. The molecule has 8 heteroatoms. The molecule has 0 aliphatic rings. The Labute approximate surface area is 91.9 Å². The lowest BCUT2D eigenvalue weighted by molar-refractivity contribution is 0.147. The van der Waals surface area contributed by atoms with Crippen molar-refractivity contribution >= 4 is 21.6 Å². The standard InChI is InChI=1S/C7H12N2O4S2/c1-4(9-15(11,12)13)6(10)7-5(2)8-3-14-7/h3-4,6,9-10H,1-2H3,(H,11,12,13)/t4-,6+/m0/s1. The zero-order chi connectivity index (χ0) is 11.6. The van der Waals surface area contributed by atoms with Gasteiger partial charge in [0.25, 0.3) is 0 Å². The van der Waals surface area contributed by atoms with Crippen molar-refractivity contribution in [3.63, 3.8) is 0 Å². The van der Waals surface area contributed by atoms with Crippen LogP contribution in [-0.2, 0) is 10.3 Å². The predicted molar refractivity (Wildman–Crippen MR) is 56.0 cm³/mol. The monoisotopic (exact) mass is 252 g/mol. The molecule has 1 aromatic rings. The number of aryl methyl sites for hydroxylation is 1. The third-order valence-corrected chi connectivity index (χ3v) is 3.53. The van der Waals surface area contributed by atoms with Crippen molar-refractivity contribution in [1.82, 2.24) is 9.71 Å². The van der Waals surface area contributed by atoms with E-state index in [0.29, 0.717) is 10.6 Å². The molecule has 86 valence electrons. The Balaban J connectivity index is 2.78. The number of nitrogens with one attached hydrogen (secondary N) is 1. The molecule has 0 spiro atoms. The molecule has 1 aromatic heterocycles. The van der Waals surface area contributed by atoms with Crippen LogP contribution in [0.1, 0.15) is 23.6 Å². The normalized spacial score (nSPS) is 16.3. The molecule has 0 aliphatic heterocycles. The highest BCUT2D eigenvalue weighted by Gasteiger charge is 2.23. The summed E-state index contributed by atoms with van der Waals surface area (Å²) in [5.41, 5.74) is 2.21. The van der Waals surface area contributed by atoms with E-state index in [-0.39, 0.29) is 0 Å². The van der Waals surface area contributed by atoms with E-state index in [4.69, 9.17) is 4.55 Å². The van der Waals surface area contributed by atoms with Crippen LogP contribution in [0.4, 0.5) is 0 Å². The minimum atomic E-state index is -4.30. The summed E-state index contributed by atoms with van der Waals surface area (Å²) in [4.78, 5) is 4.52. The molecule has 0 radical (unpaired) electrons. The predicted octanol–water partition coefficient (Wildman–Crippen LogP) is 0.266. The van der Waals surface area contributed by atoms with Crippen molar-refractivity contribution in [3.05, 3.63) is 16.1 Å². The molecule has 1 rings (SSSR count). The first-order valence-electron chi connectivity index (χ1n) is 4.14. The lowest BCUT2D eigenvalue weighted by atomic mass is 10.1. The Morgan fingerprint density at radius 1 is 1.60 bits per heavy atom. The SMILES string of the molecule is Cc1ncsc1[C@H](O)[C@H](C)NS(=O)(=O)O. The average molecular weight is 252 g/mol. The number of nitrogens with zero attached hydrogens (tertiary/aromatic N) is 1. The second-order valence-corrected chi connectivity index (χ2v) is 5.20. The van der Waals surface area contributed by atoms with Gasteiger partial charge in [0.2, 0.25) is 0 Å². The van der Waals surface area contributed by atoms with Gasteiger partial charge in [0, 0.05) is 0 Å². The van der Waals surface area contributed by atoms with Gasteiger partial charge < -0.3 is 5.11 Å².